The van der Waals surface area contributed by atoms with Gasteiger partial charge in [0, 0.05) is 11.6 Å². The van der Waals surface area contributed by atoms with Crippen LogP contribution in [0, 0.1) is 19.8 Å². The fourth-order valence-electron chi connectivity index (χ4n) is 2.56. The Kier molecular flexibility index (Phi) is 3.67. The van der Waals surface area contributed by atoms with E-state index in [4.69, 9.17) is 4.74 Å². The largest absolute Gasteiger partial charge is 0.453 e. The maximum Gasteiger partial charge on any atom is 0.344 e. The molecular formula is C18H17NO3. The first-order valence-corrected chi connectivity index (χ1v) is 7.21. The van der Waals surface area contributed by atoms with Crippen LogP contribution in [0.2, 0.25) is 0 Å². The third-order valence-electron chi connectivity index (χ3n) is 4.04. The van der Waals surface area contributed by atoms with Crippen molar-refractivity contribution < 1.29 is 14.3 Å². The van der Waals surface area contributed by atoms with Gasteiger partial charge in [0.2, 0.25) is 0 Å². The van der Waals surface area contributed by atoms with Crippen molar-refractivity contribution in [3.05, 3.63) is 65.3 Å². The summed E-state index contributed by atoms with van der Waals surface area (Å²) < 4.78 is 5.31. The summed E-state index contributed by atoms with van der Waals surface area (Å²) in [5.74, 6) is -1.09. The Balaban J connectivity index is 1.84. The van der Waals surface area contributed by atoms with Gasteiger partial charge in [-0.1, -0.05) is 36.4 Å². The van der Waals surface area contributed by atoms with E-state index in [2.05, 4.69) is 5.32 Å². The van der Waals surface area contributed by atoms with Gasteiger partial charge in [-0.15, -0.1) is 0 Å². The zero-order valence-corrected chi connectivity index (χ0v) is 12.5. The monoisotopic (exact) mass is 295 g/mol. The molecule has 0 saturated carbocycles. The highest BCUT2D eigenvalue weighted by molar-refractivity contribution is 6.21. The molecule has 112 valence electrons. The summed E-state index contributed by atoms with van der Waals surface area (Å²) in [6, 6.07) is 5.67. The molecule has 3 rings (SSSR count). The molecule has 1 aliphatic carbocycles. The van der Waals surface area contributed by atoms with Crippen LogP contribution in [0.5, 0.6) is 0 Å². The van der Waals surface area contributed by atoms with Crippen molar-refractivity contribution in [2.24, 2.45) is 5.92 Å². The minimum absolute atomic E-state index is 0.0575. The second-order valence-electron chi connectivity index (χ2n) is 5.50. The van der Waals surface area contributed by atoms with E-state index >= 15 is 0 Å². The summed E-state index contributed by atoms with van der Waals surface area (Å²) >= 11 is 0. The molecule has 4 nitrogen and oxygen atoms in total. The van der Waals surface area contributed by atoms with Crippen molar-refractivity contribution in [2.45, 2.75) is 20.0 Å². The normalized spacial score (nSPS) is 22.6. The predicted molar refractivity (Wildman–Crippen MR) is 84.3 cm³/mol. The number of nitrogens with one attached hydrogen (secondary N) is 1. The number of amides is 1. The summed E-state index contributed by atoms with van der Waals surface area (Å²) in [5, 5.41) is 2.80. The minimum Gasteiger partial charge on any atom is -0.453 e. The second kappa shape index (κ2) is 5.64. The van der Waals surface area contributed by atoms with Crippen LogP contribution in [0.3, 0.4) is 0 Å². The molecule has 4 heteroatoms. The third-order valence-corrected chi connectivity index (χ3v) is 4.04. The van der Waals surface area contributed by atoms with Gasteiger partial charge in [-0.2, -0.15) is 0 Å². The standard InChI is InChI=1S/C18H17NO3/c1-11-6-5-8-15(12(11)2)19-17(20)14-10-13-7-3-4-9-16(13)22-18(14)21/h3-10,13,16H,1-2H3,(H,19,20)/t13-,16+/m0/s1. The van der Waals surface area contributed by atoms with Crippen LogP contribution < -0.4 is 5.32 Å². The minimum atomic E-state index is -0.580. The van der Waals surface area contributed by atoms with Gasteiger partial charge in [0.25, 0.3) is 5.91 Å². The maximum atomic E-state index is 12.4. The number of benzene rings is 1. The average Bonchev–Trinajstić information content (AvgIpc) is 2.51. The van der Waals surface area contributed by atoms with Gasteiger partial charge in [-0.25, -0.2) is 4.79 Å². The molecule has 0 spiro atoms. The number of esters is 1. The first-order chi connectivity index (χ1) is 10.6. The molecule has 2 aliphatic rings. The van der Waals surface area contributed by atoms with Crippen molar-refractivity contribution in [3.63, 3.8) is 0 Å². The molecule has 1 aromatic rings. The Hall–Kier alpha value is -2.62. The molecular weight excluding hydrogens is 278 g/mol. The molecule has 1 heterocycles. The average molecular weight is 295 g/mol. The summed E-state index contributed by atoms with van der Waals surface area (Å²) in [5.41, 5.74) is 2.83. The Morgan fingerprint density at radius 3 is 2.77 bits per heavy atom. The van der Waals surface area contributed by atoms with E-state index in [0.29, 0.717) is 5.69 Å². The highest BCUT2D eigenvalue weighted by atomic mass is 16.5. The van der Waals surface area contributed by atoms with Crippen LogP contribution in [-0.4, -0.2) is 18.0 Å². The molecule has 0 bridgehead atoms. The van der Waals surface area contributed by atoms with Crippen LogP contribution in [0.4, 0.5) is 5.69 Å². The first kappa shape index (κ1) is 14.3. The van der Waals surface area contributed by atoms with Crippen LogP contribution in [0.1, 0.15) is 11.1 Å². The fraction of sp³-hybridized carbons (Fsp3) is 0.222. The van der Waals surface area contributed by atoms with Crippen LogP contribution in [0.15, 0.2) is 54.2 Å². The fourth-order valence-corrected chi connectivity index (χ4v) is 2.56. The van der Waals surface area contributed by atoms with E-state index in [1.165, 1.54) is 0 Å². The van der Waals surface area contributed by atoms with E-state index in [-0.39, 0.29) is 17.6 Å². The number of anilines is 1. The predicted octanol–water partition coefficient (Wildman–Crippen LogP) is 2.84. The zero-order chi connectivity index (χ0) is 15.7. The molecule has 1 aliphatic heterocycles. The highest BCUT2D eigenvalue weighted by Gasteiger charge is 2.32. The number of hydrogen-bond acceptors (Lipinski definition) is 3. The molecule has 1 aromatic carbocycles. The zero-order valence-electron chi connectivity index (χ0n) is 12.5. The summed E-state index contributed by atoms with van der Waals surface area (Å²) in [6.45, 7) is 3.91. The lowest BCUT2D eigenvalue weighted by Gasteiger charge is -2.27. The van der Waals surface area contributed by atoms with Crippen LogP contribution in [0.25, 0.3) is 0 Å². The lowest BCUT2D eigenvalue weighted by Crippen LogP contribution is -2.34. The number of fused-ring (bicyclic) bond motifs is 1. The lowest BCUT2D eigenvalue weighted by atomic mass is 9.92. The van der Waals surface area contributed by atoms with E-state index in [0.717, 1.165) is 11.1 Å². The van der Waals surface area contributed by atoms with Crippen molar-refractivity contribution in [1.82, 2.24) is 0 Å². The van der Waals surface area contributed by atoms with E-state index in [1.807, 2.05) is 56.4 Å². The number of carbonyl (C=O) groups is 2. The number of ether oxygens (including phenoxy) is 1. The Morgan fingerprint density at radius 2 is 1.95 bits per heavy atom. The quantitative estimate of drug-likeness (QED) is 0.674. The number of aryl methyl sites for hydroxylation is 1. The number of hydrogen-bond donors (Lipinski definition) is 1. The highest BCUT2D eigenvalue weighted by Crippen LogP contribution is 2.26. The number of carbonyl (C=O) groups excluding carboxylic acids is 2. The number of allylic oxidation sites excluding steroid dienone is 2. The van der Waals surface area contributed by atoms with Crippen LogP contribution >= 0.6 is 0 Å². The molecule has 1 N–H and O–H groups in total. The molecule has 2 atom stereocenters. The van der Waals surface area contributed by atoms with Gasteiger partial charge in [0.15, 0.2) is 0 Å². The number of rotatable bonds is 2. The summed E-state index contributed by atoms with van der Waals surface area (Å²) in [6.07, 6.45) is 8.83. The first-order valence-electron chi connectivity index (χ1n) is 7.21. The second-order valence-corrected chi connectivity index (χ2v) is 5.50. The Labute approximate surface area is 129 Å². The van der Waals surface area contributed by atoms with Crippen LogP contribution in [-0.2, 0) is 14.3 Å². The smallest absolute Gasteiger partial charge is 0.344 e. The Morgan fingerprint density at radius 1 is 1.18 bits per heavy atom. The molecule has 0 radical (unpaired) electrons. The maximum absolute atomic E-state index is 12.4. The van der Waals surface area contributed by atoms with E-state index in [1.54, 1.807) is 6.08 Å². The third kappa shape index (κ3) is 2.60. The van der Waals surface area contributed by atoms with Crippen molar-refractivity contribution in [2.75, 3.05) is 5.32 Å². The Bertz CT molecular complexity index is 728. The molecule has 1 amide bonds. The van der Waals surface area contributed by atoms with Crippen molar-refractivity contribution in [1.29, 1.82) is 0 Å². The van der Waals surface area contributed by atoms with Gasteiger partial charge in [0.1, 0.15) is 11.7 Å². The van der Waals surface area contributed by atoms with Gasteiger partial charge in [0.05, 0.1) is 0 Å². The van der Waals surface area contributed by atoms with Gasteiger partial charge >= 0.3 is 5.97 Å². The molecule has 22 heavy (non-hydrogen) atoms. The van der Waals surface area contributed by atoms with Gasteiger partial charge in [-0.05, 0) is 37.1 Å². The van der Waals surface area contributed by atoms with E-state index in [9.17, 15) is 9.59 Å². The van der Waals surface area contributed by atoms with Crippen molar-refractivity contribution >= 4 is 17.6 Å². The van der Waals surface area contributed by atoms with E-state index < -0.39 is 11.9 Å². The van der Waals surface area contributed by atoms with Gasteiger partial charge in [-0.3, -0.25) is 4.79 Å². The van der Waals surface area contributed by atoms with Crippen molar-refractivity contribution in [3.8, 4) is 0 Å². The lowest BCUT2D eigenvalue weighted by molar-refractivity contribution is -0.145. The summed E-state index contributed by atoms with van der Waals surface area (Å²) in [4.78, 5) is 24.4. The molecule has 0 aromatic heterocycles. The summed E-state index contributed by atoms with van der Waals surface area (Å²) in [7, 11) is 0. The topological polar surface area (TPSA) is 55.4 Å². The SMILES string of the molecule is Cc1cccc(NC(=O)C2=C[C@@H]3C=CC=C[C@H]3OC2=O)c1C. The molecule has 0 fully saturated rings. The van der Waals surface area contributed by atoms with Gasteiger partial charge < -0.3 is 10.1 Å². The molecule has 0 unspecified atom stereocenters. The molecule has 0 saturated heterocycles.